The molecule has 0 spiro atoms. The molecule has 2 nitrogen and oxygen atoms in total. The minimum absolute atomic E-state index is 0.174. The second-order valence-corrected chi connectivity index (χ2v) is 5.68. The lowest BCUT2D eigenvalue weighted by Crippen LogP contribution is -2.05. The van der Waals surface area contributed by atoms with Crippen molar-refractivity contribution >= 4 is 35.6 Å². The first kappa shape index (κ1) is 11.5. The number of aldehydes is 1. The minimum Gasteiger partial charge on any atom is -0.298 e. The lowest BCUT2D eigenvalue weighted by molar-refractivity contribution is -0.104. The van der Waals surface area contributed by atoms with Gasteiger partial charge in [-0.05, 0) is 0 Å². The molecule has 0 unspecified atom stereocenters. The maximum atomic E-state index is 12.0. The molecule has 0 amide bonds. The van der Waals surface area contributed by atoms with Crippen LogP contribution in [0.1, 0.15) is 10.4 Å². The number of allylic oxidation sites excluding steroid dienone is 1. The second kappa shape index (κ2) is 5.37. The van der Waals surface area contributed by atoms with E-state index in [0.717, 1.165) is 15.7 Å². The molecule has 1 fully saturated rings. The lowest BCUT2D eigenvalue weighted by Gasteiger charge is -2.02. The van der Waals surface area contributed by atoms with Crippen LogP contribution in [0.2, 0.25) is 0 Å². The first-order chi connectivity index (χ1) is 7.83. The van der Waals surface area contributed by atoms with Gasteiger partial charge in [-0.15, -0.1) is 23.5 Å². The summed E-state index contributed by atoms with van der Waals surface area (Å²) < 4.78 is 0.865. The third kappa shape index (κ3) is 2.39. The topological polar surface area (TPSA) is 34.1 Å². The lowest BCUT2D eigenvalue weighted by atomic mass is 10.1. The van der Waals surface area contributed by atoms with Crippen LogP contribution >= 0.6 is 23.5 Å². The Morgan fingerprint density at radius 2 is 1.75 bits per heavy atom. The molecule has 16 heavy (non-hydrogen) atoms. The number of benzene rings is 1. The van der Waals surface area contributed by atoms with Gasteiger partial charge in [0.15, 0.2) is 12.1 Å². The van der Waals surface area contributed by atoms with E-state index in [4.69, 9.17) is 0 Å². The summed E-state index contributed by atoms with van der Waals surface area (Å²) in [4.78, 5) is 23.0. The fraction of sp³-hybridized carbons (Fsp3) is 0.167. The zero-order valence-electron chi connectivity index (χ0n) is 8.51. The quantitative estimate of drug-likeness (QED) is 0.271. The summed E-state index contributed by atoms with van der Waals surface area (Å²) in [7, 11) is 0. The molecule has 1 aromatic rings. The number of hydrogen-bond donors (Lipinski definition) is 0. The standard InChI is InChI=1S/C12H10O2S2/c13-8-10(12-15-6-7-16-12)11(14)9-4-2-1-3-5-9/h1-5,8H,6-7H2. The van der Waals surface area contributed by atoms with Crippen molar-refractivity contribution in [3.05, 3.63) is 45.7 Å². The molecule has 1 aliphatic heterocycles. The summed E-state index contributed by atoms with van der Waals surface area (Å²) in [5.74, 6) is 1.77. The van der Waals surface area contributed by atoms with Gasteiger partial charge in [-0.1, -0.05) is 30.3 Å². The Labute approximate surface area is 102 Å². The van der Waals surface area contributed by atoms with Crippen LogP contribution < -0.4 is 0 Å². The molecule has 4 heteroatoms. The molecule has 0 aromatic heterocycles. The molecule has 82 valence electrons. The van der Waals surface area contributed by atoms with Crippen molar-refractivity contribution in [2.75, 3.05) is 11.5 Å². The van der Waals surface area contributed by atoms with Gasteiger partial charge in [-0.2, -0.15) is 0 Å². The highest BCUT2D eigenvalue weighted by molar-refractivity contribution is 8.25. The van der Waals surface area contributed by atoms with Crippen LogP contribution in [0.4, 0.5) is 0 Å². The van der Waals surface area contributed by atoms with Gasteiger partial charge in [0.05, 0.1) is 9.81 Å². The molecule has 0 atom stereocenters. The Morgan fingerprint density at radius 3 is 2.31 bits per heavy atom. The van der Waals surface area contributed by atoms with E-state index in [2.05, 4.69) is 0 Å². The van der Waals surface area contributed by atoms with Crippen LogP contribution in [-0.4, -0.2) is 23.6 Å². The van der Waals surface area contributed by atoms with Gasteiger partial charge in [-0.25, -0.2) is 0 Å². The minimum atomic E-state index is -0.174. The molecule has 0 N–H and O–H groups in total. The molecule has 0 aliphatic carbocycles. The van der Waals surface area contributed by atoms with Gasteiger partial charge in [0.1, 0.15) is 0 Å². The van der Waals surface area contributed by atoms with E-state index in [1.54, 1.807) is 47.8 Å². The average molecular weight is 250 g/mol. The highest BCUT2D eigenvalue weighted by Gasteiger charge is 2.20. The van der Waals surface area contributed by atoms with Gasteiger partial charge in [0.2, 0.25) is 0 Å². The molecule has 1 heterocycles. The fourth-order valence-corrected chi connectivity index (χ4v) is 3.87. The van der Waals surface area contributed by atoms with Gasteiger partial charge in [-0.3, -0.25) is 9.59 Å². The number of carbonyl (C=O) groups excluding carboxylic acids is 2. The van der Waals surface area contributed by atoms with Crippen LogP contribution in [0.5, 0.6) is 0 Å². The van der Waals surface area contributed by atoms with E-state index in [9.17, 15) is 9.59 Å². The van der Waals surface area contributed by atoms with Gasteiger partial charge in [0.25, 0.3) is 0 Å². The zero-order chi connectivity index (χ0) is 11.4. The maximum absolute atomic E-state index is 12.0. The molecule has 0 radical (unpaired) electrons. The van der Waals surface area contributed by atoms with Gasteiger partial charge >= 0.3 is 0 Å². The van der Waals surface area contributed by atoms with Crippen LogP contribution in [0, 0.1) is 0 Å². The third-order valence-electron chi connectivity index (χ3n) is 2.17. The first-order valence-electron chi connectivity index (χ1n) is 4.87. The number of carbonyl (C=O) groups is 2. The van der Waals surface area contributed by atoms with Crippen LogP contribution in [0.15, 0.2) is 40.1 Å². The molecule has 1 saturated heterocycles. The van der Waals surface area contributed by atoms with Crippen molar-refractivity contribution in [2.24, 2.45) is 0 Å². The van der Waals surface area contributed by atoms with Crippen LogP contribution in [0.3, 0.4) is 0 Å². The Balaban J connectivity index is 2.33. The van der Waals surface area contributed by atoms with Crippen molar-refractivity contribution in [3.8, 4) is 0 Å². The number of Topliss-reactive ketones (excluding diaryl/α,β-unsaturated/α-hetero) is 1. The van der Waals surface area contributed by atoms with E-state index in [1.165, 1.54) is 0 Å². The summed E-state index contributed by atoms with van der Waals surface area (Å²) in [6.45, 7) is 0. The predicted molar refractivity (Wildman–Crippen MR) is 68.8 cm³/mol. The smallest absolute Gasteiger partial charge is 0.197 e. The third-order valence-corrected chi connectivity index (χ3v) is 4.91. The van der Waals surface area contributed by atoms with E-state index < -0.39 is 0 Å². The summed E-state index contributed by atoms with van der Waals surface area (Å²) >= 11 is 3.18. The molecular weight excluding hydrogens is 240 g/mol. The molecule has 0 saturated carbocycles. The summed E-state index contributed by atoms with van der Waals surface area (Å²) in [6, 6.07) is 8.92. The first-order valence-corrected chi connectivity index (χ1v) is 6.85. The summed E-state index contributed by atoms with van der Waals surface area (Å²) in [6.07, 6.45) is 0.677. The highest BCUT2D eigenvalue weighted by Crippen LogP contribution is 2.38. The Kier molecular flexibility index (Phi) is 3.85. The Bertz CT molecular complexity index is 430. The maximum Gasteiger partial charge on any atom is 0.197 e. The largest absolute Gasteiger partial charge is 0.298 e. The van der Waals surface area contributed by atoms with Crippen molar-refractivity contribution in [3.63, 3.8) is 0 Å². The fourth-order valence-electron chi connectivity index (χ4n) is 1.41. The monoisotopic (exact) mass is 250 g/mol. The number of rotatable bonds is 3. The Hall–Kier alpha value is -1.000. The van der Waals surface area contributed by atoms with Gasteiger partial charge in [0, 0.05) is 17.1 Å². The SMILES string of the molecule is O=CC(C(=O)c1ccccc1)=C1SCCS1. The van der Waals surface area contributed by atoms with Crippen molar-refractivity contribution in [1.29, 1.82) is 0 Å². The summed E-state index contributed by atoms with van der Waals surface area (Å²) in [5, 5.41) is 0. The molecule has 1 aliphatic rings. The Morgan fingerprint density at radius 1 is 1.12 bits per heavy atom. The van der Waals surface area contributed by atoms with E-state index in [0.29, 0.717) is 17.4 Å². The molecule has 1 aromatic carbocycles. The number of hydrogen-bond acceptors (Lipinski definition) is 4. The van der Waals surface area contributed by atoms with Crippen LogP contribution in [0.25, 0.3) is 0 Å². The predicted octanol–water partition coefficient (Wildman–Crippen LogP) is 2.76. The van der Waals surface area contributed by atoms with Crippen LogP contribution in [-0.2, 0) is 4.79 Å². The average Bonchev–Trinajstić information content (AvgIpc) is 2.85. The number of thioether (sulfide) groups is 2. The molecular formula is C12H10O2S2. The van der Waals surface area contributed by atoms with E-state index in [1.807, 2.05) is 6.07 Å². The summed E-state index contributed by atoms with van der Waals surface area (Å²) in [5.41, 5.74) is 0.879. The zero-order valence-corrected chi connectivity index (χ0v) is 10.1. The normalized spacial score (nSPS) is 14.9. The molecule has 2 rings (SSSR count). The second-order valence-electron chi connectivity index (χ2n) is 3.21. The van der Waals surface area contributed by atoms with Crippen molar-refractivity contribution < 1.29 is 9.59 Å². The van der Waals surface area contributed by atoms with E-state index >= 15 is 0 Å². The van der Waals surface area contributed by atoms with Gasteiger partial charge < -0.3 is 0 Å². The van der Waals surface area contributed by atoms with E-state index in [-0.39, 0.29) is 5.78 Å². The highest BCUT2D eigenvalue weighted by atomic mass is 32.2. The molecule has 0 bridgehead atoms. The number of ketones is 1. The van der Waals surface area contributed by atoms with Crippen molar-refractivity contribution in [1.82, 2.24) is 0 Å². The van der Waals surface area contributed by atoms with Crippen molar-refractivity contribution in [2.45, 2.75) is 0 Å².